The molecule has 5 rings (SSSR count). The van der Waals surface area contributed by atoms with E-state index in [1.54, 1.807) is 18.3 Å². The first-order valence-corrected chi connectivity index (χ1v) is 11.2. The average molecular weight is 444 g/mol. The Balaban J connectivity index is 1.50. The highest BCUT2D eigenvalue weighted by atomic mass is 19.1. The van der Waals surface area contributed by atoms with Crippen LogP contribution >= 0.6 is 0 Å². The molecule has 2 aromatic heterocycles. The van der Waals surface area contributed by atoms with Crippen molar-refractivity contribution in [1.29, 1.82) is 0 Å². The van der Waals surface area contributed by atoms with E-state index in [-0.39, 0.29) is 17.8 Å². The summed E-state index contributed by atoms with van der Waals surface area (Å²) < 4.78 is 13.5. The van der Waals surface area contributed by atoms with Crippen molar-refractivity contribution < 1.29 is 9.18 Å². The van der Waals surface area contributed by atoms with Crippen molar-refractivity contribution in [2.75, 3.05) is 25.5 Å². The van der Waals surface area contributed by atoms with Crippen LogP contribution in [0.3, 0.4) is 0 Å². The molecule has 1 saturated heterocycles. The number of benzene rings is 2. The van der Waals surface area contributed by atoms with Crippen molar-refractivity contribution in [3.63, 3.8) is 0 Å². The first-order chi connectivity index (χ1) is 16.0. The molecular weight excluding hydrogens is 417 g/mol. The second kappa shape index (κ2) is 8.65. The van der Waals surface area contributed by atoms with Gasteiger partial charge in [-0.1, -0.05) is 30.3 Å². The normalized spacial score (nSPS) is 15.8. The van der Waals surface area contributed by atoms with E-state index in [1.807, 2.05) is 54.4 Å². The number of likely N-dealkylation sites (tertiary alicyclic amines) is 1. The second-order valence-corrected chi connectivity index (χ2v) is 8.65. The number of fused-ring (bicyclic) bond motifs is 1. The maximum absolute atomic E-state index is 13.5. The molecule has 1 aliphatic heterocycles. The summed E-state index contributed by atoms with van der Waals surface area (Å²) in [5, 5.41) is 1.07. The molecule has 0 radical (unpaired) electrons. The molecule has 4 aromatic rings. The number of aromatic amines is 1. The molecular formula is C26H26FN5O. The molecule has 1 aliphatic rings. The van der Waals surface area contributed by atoms with E-state index in [9.17, 15) is 9.18 Å². The van der Waals surface area contributed by atoms with Gasteiger partial charge in [-0.2, -0.15) is 0 Å². The number of amides is 1. The lowest BCUT2D eigenvalue weighted by Crippen LogP contribution is -2.32. The van der Waals surface area contributed by atoms with Crippen LogP contribution < -0.4 is 4.90 Å². The molecule has 1 N–H and O–H groups in total. The summed E-state index contributed by atoms with van der Waals surface area (Å²) in [4.78, 5) is 29.8. The highest BCUT2D eigenvalue weighted by Gasteiger charge is 2.33. The van der Waals surface area contributed by atoms with Gasteiger partial charge < -0.3 is 14.8 Å². The van der Waals surface area contributed by atoms with Crippen molar-refractivity contribution in [1.82, 2.24) is 19.9 Å². The van der Waals surface area contributed by atoms with Crippen LogP contribution in [0.2, 0.25) is 0 Å². The molecule has 168 valence electrons. The van der Waals surface area contributed by atoms with Gasteiger partial charge in [0.25, 0.3) is 0 Å². The molecule has 1 atom stereocenters. The number of nitrogens with one attached hydrogen (secondary N) is 1. The number of nitrogens with zero attached hydrogens (tertiary/aromatic N) is 4. The third kappa shape index (κ3) is 4.06. The minimum absolute atomic E-state index is 0.0809. The van der Waals surface area contributed by atoms with E-state index >= 15 is 0 Å². The highest BCUT2D eigenvalue weighted by Crippen LogP contribution is 2.37. The quantitative estimate of drug-likeness (QED) is 0.484. The fourth-order valence-corrected chi connectivity index (χ4v) is 4.60. The van der Waals surface area contributed by atoms with Crippen LogP contribution in [0.5, 0.6) is 0 Å². The van der Waals surface area contributed by atoms with E-state index in [0.717, 1.165) is 46.1 Å². The molecule has 0 aliphatic carbocycles. The average Bonchev–Trinajstić information content (AvgIpc) is 3.47. The van der Waals surface area contributed by atoms with E-state index in [2.05, 4.69) is 9.97 Å². The van der Waals surface area contributed by atoms with E-state index in [1.165, 1.54) is 12.1 Å². The molecule has 1 amide bonds. The predicted molar refractivity (Wildman–Crippen MR) is 127 cm³/mol. The van der Waals surface area contributed by atoms with Crippen molar-refractivity contribution in [3.05, 3.63) is 78.0 Å². The third-order valence-corrected chi connectivity index (χ3v) is 6.27. The molecule has 3 heterocycles. The number of rotatable bonds is 5. The largest absolute Gasteiger partial charge is 0.361 e. The lowest BCUT2D eigenvalue weighted by molar-refractivity contribution is -0.131. The van der Waals surface area contributed by atoms with Crippen molar-refractivity contribution in [3.8, 4) is 11.1 Å². The molecule has 0 bridgehead atoms. The zero-order chi connectivity index (χ0) is 22.9. The molecule has 2 aromatic carbocycles. The van der Waals surface area contributed by atoms with Gasteiger partial charge in [-0.15, -0.1) is 0 Å². The molecule has 1 unspecified atom stereocenters. The van der Waals surface area contributed by atoms with Crippen molar-refractivity contribution in [2.24, 2.45) is 0 Å². The number of H-pyrrole nitrogens is 1. The highest BCUT2D eigenvalue weighted by molar-refractivity contribution is 5.89. The Bertz CT molecular complexity index is 1300. The molecule has 33 heavy (non-hydrogen) atoms. The van der Waals surface area contributed by atoms with Gasteiger partial charge in [-0.3, -0.25) is 4.79 Å². The monoisotopic (exact) mass is 443 g/mol. The van der Waals surface area contributed by atoms with Gasteiger partial charge >= 0.3 is 0 Å². The van der Waals surface area contributed by atoms with E-state index < -0.39 is 0 Å². The van der Waals surface area contributed by atoms with Crippen LogP contribution in [-0.2, 0) is 11.2 Å². The Morgan fingerprint density at radius 2 is 1.97 bits per heavy atom. The van der Waals surface area contributed by atoms with Crippen LogP contribution in [0.4, 0.5) is 10.3 Å². The summed E-state index contributed by atoms with van der Waals surface area (Å²) in [6, 6.07) is 14.2. The summed E-state index contributed by atoms with van der Waals surface area (Å²) in [6.45, 7) is 0.690. The topological polar surface area (TPSA) is 65.1 Å². The number of carbonyl (C=O) groups is 1. The fourth-order valence-electron chi connectivity index (χ4n) is 4.60. The molecule has 1 fully saturated rings. The van der Waals surface area contributed by atoms with Crippen LogP contribution in [0.1, 0.15) is 30.1 Å². The second-order valence-electron chi connectivity index (χ2n) is 8.65. The van der Waals surface area contributed by atoms with Gasteiger partial charge in [0.2, 0.25) is 11.9 Å². The summed E-state index contributed by atoms with van der Waals surface area (Å²) in [5.74, 6) is 0.381. The van der Waals surface area contributed by atoms with Crippen LogP contribution in [0, 0.1) is 5.82 Å². The van der Waals surface area contributed by atoms with Crippen LogP contribution in [0.15, 0.2) is 60.9 Å². The first kappa shape index (κ1) is 21.1. The Morgan fingerprint density at radius 3 is 2.76 bits per heavy atom. The molecule has 7 heteroatoms. The lowest BCUT2D eigenvalue weighted by Gasteiger charge is -2.27. The van der Waals surface area contributed by atoms with Crippen molar-refractivity contribution >= 4 is 22.8 Å². The van der Waals surface area contributed by atoms with E-state index in [4.69, 9.17) is 4.98 Å². The molecule has 0 saturated carbocycles. The van der Waals surface area contributed by atoms with Gasteiger partial charge in [0.15, 0.2) is 0 Å². The number of anilines is 1. The molecule has 0 spiro atoms. The predicted octanol–water partition coefficient (Wildman–Crippen LogP) is 4.74. The Kier molecular flexibility index (Phi) is 5.54. The third-order valence-electron chi connectivity index (χ3n) is 6.27. The number of hydrogen-bond acceptors (Lipinski definition) is 4. The number of hydrogen-bond donors (Lipinski definition) is 1. The van der Waals surface area contributed by atoms with Gasteiger partial charge in [0, 0.05) is 49.5 Å². The lowest BCUT2D eigenvalue weighted by atomic mass is 9.99. The maximum Gasteiger partial charge on any atom is 0.227 e. The summed E-state index contributed by atoms with van der Waals surface area (Å²) >= 11 is 0. The van der Waals surface area contributed by atoms with Gasteiger partial charge in [0.05, 0.1) is 18.2 Å². The number of aromatic nitrogens is 3. The van der Waals surface area contributed by atoms with E-state index in [0.29, 0.717) is 18.9 Å². The van der Waals surface area contributed by atoms with Crippen LogP contribution in [0.25, 0.3) is 22.0 Å². The first-order valence-electron chi connectivity index (χ1n) is 11.2. The smallest absolute Gasteiger partial charge is 0.227 e. The van der Waals surface area contributed by atoms with Gasteiger partial charge in [-0.05, 0) is 42.2 Å². The van der Waals surface area contributed by atoms with Crippen molar-refractivity contribution in [2.45, 2.75) is 25.3 Å². The standard InChI is InChI=1S/C26H26FN5O/c1-31(2)26-29-16-21(17-9-11-19(27)12-10-17)25(30-26)23-8-5-13-32(23)24(33)14-18-15-28-22-7-4-3-6-20(18)22/h3-4,6-7,9-12,15-16,23,28H,5,8,13-14H2,1-2H3. The number of carbonyl (C=O) groups excluding carboxylic acids is 1. The Hall–Kier alpha value is -3.74. The Morgan fingerprint density at radius 1 is 1.18 bits per heavy atom. The SMILES string of the molecule is CN(C)c1ncc(-c2ccc(F)cc2)c(C2CCCN2C(=O)Cc2c[nH]c3ccccc23)n1. The summed E-state index contributed by atoms with van der Waals surface area (Å²) in [5.41, 5.74) is 4.51. The number of halogens is 1. The molecule has 6 nitrogen and oxygen atoms in total. The zero-order valence-electron chi connectivity index (χ0n) is 18.8. The van der Waals surface area contributed by atoms with Crippen LogP contribution in [-0.4, -0.2) is 46.4 Å². The Labute approximate surface area is 192 Å². The fraction of sp³-hybridized carbons (Fsp3) is 0.269. The number of para-hydroxylation sites is 1. The minimum atomic E-state index is -0.289. The zero-order valence-corrected chi connectivity index (χ0v) is 18.8. The maximum atomic E-state index is 13.5. The summed E-state index contributed by atoms with van der Waals surface area (Å²) in [7, 11) is 3.79. The van der Waals surface area contributed by atoms with Gasteiger partial charge in [-0.25, -0.2) is 14.4 Å². The summed E-state index contributed by atoms with van der Waals surface area (Å²) in [6.07, 6.45) is 5.78. The minimum Gasteiger partial charge on any atom is -0.361 e. The van der Waals surface area contributed by atoms with Gasteiger partial charge in [0.1, 0.15) is 5.82 Å².